The molecule has 0 radical (unpaired) electrons. The third-order valence-corrected chi connectivity index (χ3v) is 10.3. The van der Waals surface area contributed by atoms with Crippen LogP contribution in [0.15, 0.2) is 85.6 Å². The van der Waals surface area contributed by atoms with Crippen molar-refractivity contribution in [3.63, 3.8) is 0 Å². The van der Waals surface area contributed by atoms with Gasteiger partial charge in [-0.25, -0.2) is 13.4 Å². The summed E-state index contributed by atoms with van der Waals surface area (Å²) in [6.45, 7) is 5.87. The maximum Gasteiger partial charge on any atom is 0.252 e. The number of ether oxygens (including phenoxy) is 1. The minimum Gasteiger partial charge on any atom is -0.358 e. The molecule has 5 rings (SSSR count). The van der Waals surface area contributed by atoms with Gasteiger partial charge in [-0.2, -0.15) is 0 Å². The Labute approximate surface area is 251 Å². The number of carbonyl (C=O) groups excluding carboxylic acids is 1. The molecule has 0 spiro atoms. The van der Waals surface area contributed by atoms with E-state index < -0.39 is 39.6 Å². The van der Waals surface area contributed by atoms with E-state index in [-0.39, 0.29) is 12.5 Å². The molecule has 2 heterocycles. The summed E-state index contributed by atoms with van der Waals surface area (Å²) in [4.78, 5) is 20.4. The van der Waals surface area contributed by atoms with Crippen LogP contribution in [0, 0.1) is 0 Å². The summed E-state index contributed by atoms with van der Waals surface area (Å²) in [7, 11) is -3.67. The van der Waals surface area contributed by atoms with E-state index in [1.165, 1.54) is 4.31 Å². The second-order valence-corrected chi connectivity index (χ2v) is 13.4. The van der Waals surface area contributed by atoms with Crippen molar-refractivity contribution in [3.8, 4) is 0 Å². The van der Waals surface area contributed by atoms with Crippen molar-refractivity contribution in [2.75, 3.05) is 10.8 Å². The number of halogens is 2. The molecule has 1 amide bonds. The van der Waals surface area contributed by atoms with Crippen molar-refractivity contribution >= 4 is 45.0 Å². The van der Waals surface area contributed by atoms with E-state index in [2.05, 4.69) is 11.6 Å². The number of hydrogen-bond acceptors (Lipinski definition) is 5. The number of carbonyl (C=O) groups is 1. The number of amides is 1. The molecule has 2 fully saturated rings. The number of sulfonamides is 1. The Bertz CT molecular complexity index is 1480. The lowest BCUT2D eigenvalue weighted by Gasteiger charge is -2.48. The standard InChI is InChI=1S/C31H33Cl2N3O4S/c1-3-8-27-31(37)36(25(4-2)20-35(28-11-5-6-18-34-28)41(38,39)26-16-17-26)29(21-12-14-23(32)15-13-21)30(40-27)22-9-7-10-24(33)19-22/h3,5-7,9-15,18-19,25-27,29-30H,1,4,8,16-17,20H2,2H3/t25?,27?,29-,30-/m1/s1. The number of anilines is 1. The highest BCUT2D eigenvalue weighted by Gasteiger charge is 2.48. The molecule has 4 atom stereocenters. The fourth-order valence-electron chi connectivity index (χ4n) is 5.39. The molecule has 2 aromatic carbocycles. The van der Waals surface area contributed by atoms with Crippen LogP contribution in [0.25, 0.3) is 0 Å². The third-order valence-electron chi connectivity index (χ3n) is 7.60. The van der Waals surface area contributed by atoms with Crippen LogP contribution in [0.2, 0.25) is 10.0 Å². The molecule has 2 aliphatic rings. The molecule has 1 aromatic heterocycles. The monoisotopic (exact) mass is 613 g/mol. The largest absolute Gasteiger partial charge is 0.358 e. The first-order valence-electron chi connectivity index (χ1n) is 13.8. The minimum atomic E-state index is -3.67. The van der Waals surface area contributed by atoms with Crippen molar-refractivity contribution in [1.29, 1.82) is 0 Å². The SMILES string of the molecule is C=CCC1O[C@H](c2cccc(Cl)c2)[C@@H](c2ccc(Cl)cc2)N(C(CC)CN(c2ccccn2)S(=O)(=O)C2CC2)C1=O. The van der Waals surface area contributed by atoms with Crippen molar-refractivity contribution < 1.29 is 17.9 Å². The molecule has 41 heavy (non-hydrogen) atoms. The Morgan fingerprint density at radius 2 is 1.83 bits per heavy atom. The number of pyridine rings is 1. The fraction of sp³-hybridized carbons (Fsp3) is 0.355. The number of morpholine rings is 1. The van der Waals surface area contributed by atoms with Gasteiger partial charge in [0.1, 0.15) is 18.0 Å². The highest BCUT2D eigenvalue weighted by molar-refractivity contribution is 7.93. The third kappa shape index (κ3) is 6.31. The fourth-order valence-corrected chi connectivity index (χ4v) is 7.56. The maximum atomic E-state index is 14.2. The van der Waals surface area contributed by atoms with E-state index >= 15 is 0 Å². The molecule has 1 saturated heterocycles. The Kier molecular flexibility index (Phi) is 9.04. The maximum absolute atomic E-state index is 14.2. The van der Waals surface area contributed by atoms with Crippen molar-refractivity contribution in [2.24, 2.45) is 0 Å². The number of rotatable bonds is 11. The Morgan fingerprint density at radius 1 is 1.07 bits per heavy atom. The van der Waals surface area contributed by atoms with Gasteiger partial charge in [0.05, 0.1) is 23.9 Å². The molecule has 7 nitrogen and oxygen atoms in total. The van der Waals surface area contributed by atoms with E-state index in [0.29, 0.717) is 41.5 Å². The lowest BCUT2D eigenvalue weighted by atomic mass is 9.89. The average molecular weight is 615 g/mol. The van der Waals surface area contributed by atoms with Crippen LogP contribution >= 0.6 is 23.2 Å². The number of benzene rings is 2. The topological polar surface area (TPSA) is 79.8 Å². The van der Waals surface area contributed by atoms with Gasteiger partial charge in [-0.3, -0.25) is 9.10 Å². The van der Waals surface area contributed by atoms with Gasteiger partial charge >= 0.3 is 0 Å². The molecule has 2 unspecified atom stereocenters. The van der Waals surface area contributed by atoms with Gasteiger partial charge in [0.2, 0.25) is 10.0 Å². The number of aromatic nitrogens is 1. The van der Waals surface area contributed by atoms with Crippen LogP contribution in [0.5, 0.6) is 0 Å². The summed E-state index contributed by atoms with van der Waals surface area (Å²) in [5.41, 5.74) is 1.63. The molecule has 216 valence electrons. The van der Waals surface area contributed by atoms with Gasteiger partial charge in [-0.05, 0) is 66.8 Å². The molecule has 0 N–H and O–H groups in total. The van der Waals surface area contributed by atoms with Crippen LogP contribution in [-0.2, 0) is 19.6 Å². The number of nitrogens with zero attached hydrogens (tertiary/aromatic N) is 3. The summed E-state index contributed by atoms with van der Waals surface area (Å²) in [5.74, 6) is 0.121. The highest BCUT2D eigenvalue weighted by Crippen LogP contribution is 2.45. The van der Waals surface area contributed by atoms with E-state index in [9.17, 15) is 13.2 Å². The van der Waals surface area contributed by atoms with Gasteiger partial charge in [0, 0.05) is 22.7 Å². The smallest absolute Gasteiger partial charge is 0.252 e. The van der Waals surface area contributed by atoms with Crippen LogP contribution in [-0.4, -0.2) is 48.1 Å². The van der Waals surface area contributed by atoms with Crippen LogP contribution in [0.3, 0.4) is 0 Å². The van der Waals surface area contributed by atoms with E-state index in [0.717, 1.165) is 11.1 Å². The zero-order chi connectivity index (χ0) is 29.1. The Balaban J connectivity index is 1.63. The first-order chi connectivity index (χ1) is 19.7. The van der Waals surface area contributed by atoms with Gasteiger partial charge in [-0.1, -0.05) is 66.5 Å². The predicted octanol–water partition coefficient (Wildman–Crippen LogP) is 6.75. The Hall–Kier alpha value is -2.91. The summed E-state index contributed by atoms with van der Waals surface area (Å²) >= 11 is 12.6. The molecular weight excluding hydrogens is 581 g/mol. The minimum absolute atomic E-state index is 0.0608. The van der Waals surface area contributed by atoms with Gasteiger partial charge in [-0.15, -0.1) is 6.58 Å². The van der Waals surface area contributed by atoms with E-state index in [1.807, 2.05) is 42.2 Å². The van der Waals surface area contributed by atoms with Crippen molar-refractivity contribution in [3.05, 3.63) is 107 Å². The summed E-state index contributed by atoms with van der Waals surface area (Å²) in [6.07, 6.45) is 3.92. The van der Waals surface area contributed by atoms with E-state index in [1.54, 1.807) is 48.7 Å². The van der Waals surface area contributed by atoms with Gasteiger partial charge < -0.3 is 9.64 Å². The zero-order valence-electron chi connectivity index (χ0n) is 22.8. The summed E-state index contributed by atoms with van der Waals surface area (Å²) in [6, 6.07) is 18.9. The molecule has 1 saturated carbocycles. The van der Waals surface area contributed by atoms with Crippen molar-refractivity contribution in [1.82, 2.24) is 9.88 Å². The first-order valence-corrected chi connectivity index (χ1v) is 16.0. The van der Waals surface area contributed by atoms with Crippen LogP contribution in [0.4, 0.5) is 5.82 Å². The molecule has 0 bridgehead atoms. The number of hydrogen-bond donors (Lipinski definition) is 0. The average Bonchev–Trinajstić information content (AvgIpc) is 3.83. The van der Waals surface area contributed by atoms with Crippen LogP contribution in [0.1, 0.15) is 55.9 Å². The lowest BCUT2D eigenvalue weighted by molar-refractivity contribution is -0.178. The second kappa shape index (κ2) is 12.5. The first kappa shape index (κ1) is 29.6. The zero-order valence-corrected chi connectivity index (χ0v) is 25.1. The quantitative estimate of drug-likeness (QED) is 0.223. The lowest BCUT2D eigenvalue weighted by Crippen LogP contribution is -2.57. The Morgan fingerprint density at radius 3 is 2.44 bits per heavy atom. The molecule has 10 heteroatoms. The van der Waals surface area contributed by atoms with Gasteiger partial charge in [0.15, 0.2) is 0 Å². The summed E-state index contributed by atoms with van der Waals surface area (Å²) < 4.78 is 35.3. The molecule has 1 aliphatic carbocycles. The highest BCUT2D eigenvalue weighted by atomic mass is 35.5. The van der Waals surface area contributed by atoms with Crippen molar-refractivity contribution in [2.45, 2.75) is 62.1 Å². The summed E-state index contributed by atoms with van der Waals surface area (Å²) in [5, 5.41) is 0.673. The molecule has 1 aliphatic heterocycles. The normalized spacial score (nSPS) is 21.9. The molecular formula is C31H33Cl2N3O4S. The van der Waals surface area contributed by atoms with E-state index in [4.69, 9.17) is 27.9 Å². The van der Waals surface area contributed by atoms with Crippen LogP contribution < -0.4 is 4.31 Å². The predicted molar refractivity (Wildman–Crippen MR) is 163 cm³/mol. The van der Waals surface area contributed by atoms with Gasteiger partial charge in [0.25, 0.3) is 5.91 Å². The second-order valence-electron chi connectivity index (χ2n) is 10.4. The molecule has 3 aromatic rings.